The lowest BCUT2D eigenvalue weighted by Crippen LogP contribution is -2.17. The highest BCUT2D eigenvalue weighted by Crippen LogP contribution is 2.18. The van der Waals surface area contributed by atoms with Crippen molar-refractivity contribution in [1.82, 2.24) is 10.2 Å². The molecule has 0 spiro atoms. The van der Waals surface area contributed by atoms with E-state index in [1.807, 2.05) is 0 Å². The van der Waals surface area contributed by atoms with Crippen LogP contribution < -0.4 is 5.32 Å². The second-order valence-electron chi connectivity index (χ2n) is 5.36. The number of benzene rings is 2. The maximum atomic E-state index is 3.39. The number of hydrogen-bond donors (Lipinski definition) is 1. The highest BCUT2D eigenvalue weighted by Gasteiger charge is 2.10. The van der Waals surface area contributed by atoms with E-state index in [9.17, 15) is 0 Å². The molecule has 0 amide bonds. The van der Waals surface area contributed by atoms with Crippen LogP contribution >= 0.6 is 0 Å². The van der Waals surface area contributed by atoms with Crippen molar-refractivity contribution in [3.8, 4) is 0 Å². The number of fused-ring (bicyclic) bond motifs is 1. The van der Waals surface area contributed by atoms with Crippen molar-refractivity contribution in [3.63, 3.8) is 0 Å². The zero-order valence-corrected chi connectivity index (χ0v) is 11.4. The van der Waals surface area contributed by atoms with Crippen molar-refractivity contribution in [1.29, 1.82) is 0 Å². The monoisotopic (exact) mass is 252 g/mol. The van der Waals surface area contributed by atoms with Crippen LogP contribution in [0, 0.1) is 0 Å². The molecule has 0 fully saturated rings. The van der Waals surface area contributed by atoms with Crippen LogP contribution in [0.4, 0.5) is 0 Å². The van der Waals surface area contributed by atoms with E-state index in [4.69, 9.17) is 0 Å². The molecule has 0 atom stereocenters. The van der Waals surface area contributed by atoms with Gasteiger partial charge in [0.2, 0.25) is 0 Å². The van der Waals surface area contributed by atoms with Gasteiger partial charge in [-0.1, -0.05) is 48.5 Å². The molecule has 0 aliphatic carbocycles. The molecule has 0 saturated heterocycles. The van der Waals surface area contributed by atoms with Gasteiger partial charge < -0.3 is 5.32 Å². The highest BCUT2D eigenvalue weighted by atomic mass is 15.1. The molecule has 98 valence electrons. The van der Waals surface area contributed by atoms with E-state index < -0.39 is 0 Å². The lowest BCUT2D eigenvalue weighted by atomic mass is 10.1. The summed E-state index contributed by atoms with van der Waals surface area (Å²) in [5.41, 5.74) is 5.69. The van der Waals surface area contributed by atoms with Crippen LogP contribution in [0.3, 0.4) is 0 Å². The first-order valence-corrected chi connectivity index (χ1v) is 6.85. The zero-order chi connectivity index (χ0) is 13.1. The minimum atomic E-state index is 0.996. The molecule has 0 aromatic heterocycles. The summed E-state index contributed by atoms with van der Waals surface area (Å²) < 4.78 is 0. The van der Waals surface area contributed by atoms with Crippen molar-refractivity contribution in [2.45, 2.75) is 26.2 Å². The van der Waals surface area contributed by atoms with E-state index in [2.05, 4.69) is 65.8 Å². The van der Waals surface area contributed by atoms with Crippen molar-refractivity contribution in [3.05, 3.63) is 70.8 Å². The van der Waals surface area contributed by atoms with Crippen LogP contribution in [0.5, 0.6) is 0 Å². The fraction of sp³-hybridized carbons (Fsp3) is 0.294. The summed E-state index contributed by atoms with van der Waals surface area (Å²) in [5.74, 6) is 0. The van der Waals surface area contributed by atoms with E-state index >= 15 is 0 Å². The maximum Gasteiger partial charge on any atom is 0.0234 e. The lowest BCUT2D eigenvalue weighted by Gasteiger charge is -2.17. The molecule has 2 aromatic carbocycles. The van der Waals surface area contributed by atoms with E-state index in [1.54, 1.807) is 0 Å². The van der Waals surface area contributed by atoms with Crippen molar-refractivity contribution in [2.75, 3.05) is 7.05 Å². The molecule has 2 nitrogen and oxygen atoms in total. The Morgan fingerprint density at radius 1 is 0.895 bits per heavy atom. The van der Waals surface area contributed by atoms with Crippen molar-refractivity contribution in [2.24, 2.45) is 0 Å². The normalized spacial score (nSPS) is 13.8. The summed E-state index contributed by atoms with van der Waals surface area (Å²) in [6.07, 6.45) is 0. The van der Waals surface area contributed by atoms with Crippen LogP contribution in [0.15, 0.2) is 48.5 Å². The predicted molar refractivity (Wildman–Crippen MR) is 78.6 cm³/mol. The van der Waals surface area contributed by atoms with Gasteiger partial charge in [0.1, 0.15) is 0 Å². The van der Waals surface area contributed by atoms with Crippen LogP contribution in [0.1, 0.15) is 22.3 Å². The molecule has 19 heavy (non-hydrogen) atoms. The molecule has 1 heterocycles. The summed E-state index contributed by atoms with van der Waals surface area (Å²) in [6, 6.07) is 17.5. The van der Waals surface area contributed by atoms with Gasteiger partial charge in [-0.15, -0.1) is 0 Å². The molecule has 1 aliphatic heterocycles. The van der Waals surface area contributed by atoms with Crippen molar-refractivity contribution >= 4 is 0 Å². The van der Waals surface area contributed by atoms with Crippen molar-refractivity contribution < 1.29 is 0 Å². The summed E-state index contributed by atoms with van der Waals surface area (Å²) >= 11 is 0. The summed E-state index contributed by atoms with van der Waals surface area (Å²) in [7, 11) is 2.18. The summed E-state index contributed by atoms with van der Waals surface area (Å²) in [4.78, 5) is 2.36. The van der Waals surface area contributed by atoms with Gasteiger partial charge in [-0.2, -0.15) is 0 Å². The Morgan fingerprint density at radius 2 is 1.63 bits per heavy atom. The van der Waals surface area contributed by atoms with E-state index in [1.165, 1.54) is 22.3 Å². The Kier molecular flexibility index (Phi) is 3.62. The third-order valence-corrected chi connectivity index (χ3v) is 3.65. The topological polar surface area (TPSA) is 15.3 Å². The molecule has 1 aliphatic rings. The van der Waals surface area contributed by atoms with Gasteiger partial charge in [-0.25, -0.2) is 0 Å². The summed E-state index contributed by atoms with van der Waals surface area (Å²) in [5, 5.41) is 3.39. The van der Waals surface area contributed by atoms with Gasteiger partial charge in [0.05, 0.1) is 0 Å². The van der Waals surface area contributed by atoms with Gasteiger partial charge in [-0.3, -0.25) is 4.90 Å². The first-order valence-electron chi connectivity index (χ1n) is 6.85. The van der Waals surface area contributed by atoms with E-state index in [-0.39, 0.29) is 0 Å². The fourth-order valence-electron chi connectivity index (χ4n) is 2.71. The van der Waals surface area contributed by atoms with Gasteiger partial charge >= 0.3 is 0 Å². The molecule has 2 aromatic rings. The molecular formula is C17H20N2. The smallest absolute Gasteiger partial charge is 0.0234 e. The molecule has 1 N–H and O–H groups in total. The van der Waals surface area contributed by atoms with E-state index in [0.717, 1.165) is 26.2 Å². The molecule has 0 saturated carbocycles. The predicted octanol–water partition coefficient (Wildman–Crippen LogP) is 2.92. The lowest BCUT2D eigenvalue weighted by molar-refractivity contribution is 0.319. The van der Waals surface area contributed by atoms with Crippen LogP contribution in [-0.4, -0.2) is 11.9 Å². The second kappa shape index (κ2) is 5.55. The number of hydrogen-bond acceptors (Lipinski definition) is 2. The Morgan fingerprint density at radius 3 is 2.47 bits per heavy atom. The molecule has 0 radical (unpaired) electrons. The second-order valence-corrected chi connectivity index (χ2v) is 5.36. The standard InChI is InChI=1S/C17H20N2/c1-19(12-14-5-3-2-4-6-14)13-15-7-8-16-10-18-11-17(16)9-15/h2-9,18H,10-13H2,1H3. The average Bonchev–Trinajstić information content (AvgIpc) is 2.87. The largest absolute Gasteiger partial charge is 0.309 e. The maximum absolute atomic E-state index is 3.39. The van der Waals surface area contributed by atoms with Gasteiger partial charge in [0.15, 0.2) is 0 Å². The number of rotatable bonds is 4. The Labute approximate surface area is 115 Å². The molecule has 0 bridgehead atoms. The Balaban J connectivity index is 1.65. The minimum absolute atomic E-state index is 0.996. The highest BCUT2D eigenvalue weighted by molar-refractivity contribution is 5.34. The molecular weight excluding hydrogens is 232 g/mol. The molecule has 3 rings (SSSR count). The number of nitrogens with one attached hydrogen (secondary N) is 1. The molecule has 2 heteroatoms. The fourth-order valence-corrected chi connectivity index (χ4v) is 2.71. The third kappa shape index (κ3) is 3.03. The number of nitrogens with zero attached hydrogens (tertiary/aromatic N) is 1. The SMILES string of the molecule is CN(Cc1ccccc1)Cc1ccc2c(c1)CNC2. The first kappa shape index (κ1) is 12.4. The quantitative estimate of drug-likeness (QED) is 0.900. The summed E-state index contributed by atoms with van der Waals surface area (Å²) in [6.45, 7) is 4.04. The zero-order valence-electron chi connectivity index (χ0n) is 11.4. The Bertz CT molecular complexity index is 548. The minimum Gasteiger partial charge on any atom is -0.309 e. The van der Waals surface area contributed by atoms with Gasteiger partial charge in [0, 0.05) is 26.2 Å². The van der Waals surface area contributed by atoms with E-state index in [0.29, 0.717) is 0 Å². The van der Waals surface area contributed by atoms with Gasteiger partial charge in [0.25, 0.3) is 0 Å². The van der Waals surface area contributed by atoms with Crippen LogP contribution in [0.25, 0.3) is 0 Å². The molecule has 0 unspecified atom stereocenters. The van der Waals surface area contributed by atoms with Crippen LogP contribution in [0.2, 0.25) is 0 Å². The first-order chi connectivity index (χ1) is 9.31. The average molecular weight is 252 g/mol. The Hall–Kier alpha value is -1.64. The van der Waals surface area contributed by atoms with Crippen LogP contribution in [-0.2, 0) is 26.2 Å². The third-order valence-electron chi connectivity index (χ3n) is 3.65. The van der Waals surface area contributed by atoms with Gasteiger partial charge in [-0.05, 0) is 29.3 Å².